The van der Waals surface area contributed by atoms with Crippen LogP contribution in [0.25, 0.3) is 0 Å². The number of carbonyl (C=O) groups is 1. The van der Waals surface area contributed by atoms with Gasteiger partial charge in [-0.15, -0.1) is 0 Å². The van der Waals surface area contributed by atoms with Gasteiger partial charge in [-0.05, 0) is 66.5 Å². The van der Waals surface area contributed by atoms with E-state index < -0.39 is 0 Å². The van der Waals surface area contributed by atoms with Gasteiger partial charge in [-0.25, -0.2) is 0 Å². The Labute approximate surface area is 130 Å². The molecule has 4 heteroatoms. The highest BCUT2D eigenvalue weighted by molar-refractivity contribution is 14.1. The highest BCUT2D eigenvalue weighted by Crippen LogP contribution is 2.28. The number of benzene rings is 1. The first kappa shape index (κ1) is 14.3. The molecular formula is C14H17BrINO. The monoisotopic (exact) mass is 421 g/mol. The third-order valence-corrected chi connectivity index (χ3v) is 4.97. The SMILES string of the molecule is CCN(CC1CCC1)C(=O)c1cc(Br)ccc1I. The lowest BCUT2D eigenvalue weighted by Gasteiger charge is -2.32. The Morgan fingerprint density at radius 2 is 2.22 bits per heavy atom. The van der Waals surface area contributed by atoms with E-state index in [9.17, 15) is 4.79 Å². The number of hydrogen-bond donors (Lipinski definition) is 0. The van der Waals surface area contributed by atoms with Crippen molar-refractivity contribution in [3.05, 3.63) is 31.8 Å². The zero-order valence-electron chi connectivity index (χ0n) is 10.5. The molecule has 0 N–H and O–H groups in total. The van der Waals surface area contributed by atoms with Gasteiger partial charge in [-0.3, -0.25) is 4.79 Å². The maximum absolute atomic E-state index is 12.5. The molecule has 2 nitrogen and oxygen atoms in total. The van der Waals surface area contributed by atoms with Gasteiger partial charge >= 0.3 is 0 Å². The van der Waals surface area contributed by atoms with Gasteiger partial charge in [0, 0.05) is 21.1 Å². The Hall–Kier alpha value is -0.100. The van der Waals surface area contributed by atoms with Gasteiger partial charge in [0.2, 0.25) is 0 Å². The van der Waals surface area contributed by atoms with Gasteiger partial charge in [0.1, 0.15) is 0 Å². The molecule has 98 valence electrons. The zero-order valence-corrected chi connectivity index (χ0v) is 14.2. The maximum Gasteiger partial charge on any atom is 0.254 e. The average molecular weight is 422 g/mol. The van der Waals surface area contributed by atoms with Crippen LogP contribution in [-0.4, -0.2) is 23.9 Å². The molecule has 0 saturated heterocycles. The van der Waals surface area contributed by atoms with Crippen molar-refractivity contribution in [1.29, 1.82) is 0 Å². The van der Waals surface area contributed by atoms with Crippen LogP contribution >= 0.6 is 38.5 Å². The summed E-state index contributed by atoms with van der Waals surface area (Å²) in [6, 6.07) is 5.88. The molecule has 2 rings (SSSR count). The average Bonchev–Trinajstić information content (AvgIpc) is 2.30. The number of carbonyl (C=O) groups excluding carboxylic acids is 1. The quantitative estimate of drug-likeness (QED) is 0.663. The molecule has 1 aliphatic carbocycles. The van der Waals surface area contributed by atoms with Gasteiger partial charge < -0.3 is 4.90 Å². The van der Waals surface area contributed by atoms with Crippen molar-refractivity contribution in [2.24, 2.45) is 5.92 Å². The molecule has 1 fully saturated rings. The topological polar surface area (TPSA) is 20.3 Å². The Morgan fingerprint density at radius 1 is 1.50 bits per heavy atom. The lowest BCUT2D eigenvalue weighted by atomic mass is 9.85. The second-order valence-electron chi connectivity index (χ2n) is 4.76. The molecule has 0 aliphatic heterocycles. The standard InChI is InChI=1S/C14H17BrINO/c1-2-17(9-10-4-3-5-10)14(18)12-8-11(15)6-7-13(12)16/h6-8,10H,2-5,9H2,1H3. The highest BCUT2D eigenvalue weighted by Gasteiger charge is 2.24. The first-order chi connectivity index (χ1) is 8.61. The summed E-state index contributed by atoms with van der Waals surface area (Å²) in [7, 11) is 0. The maximum atomic E-state index is 12.5. The summed E-state index contributed by atoms with van der Waals surface area (Å²) in [5.41, 5.74) is 0.811. The van der Waals surface area contributed by atoms with E-state index >= 15 is 0 Å². The molecule has 0 unspecified atom stereocenters. The number of rotatable bonds is 4. The fraction of sp³-hybridized carbons (Fsp3) is 0.500. The van der Waals surface area contributed by atoms with E-state index in [-0.39, 0.29) is 5.91 Å². The van der Waals surface area contributed by atoms with Crippen LogP contribution in [0.2, 0.25) is 0 Å². The van der Waals surface area contributed by atoms with E-state index in [2.05, 4.69) is 45.4 Å². The minimum Gasteiger partial charge on any atom is -0.339 e. The van der Waals surface area contributed by atoms with Crippen LogP contribution in [0.3, 0.4) is 0 Å². The zero-order chi connectivity index (χ0) is 13.1. The second-order valence-corrected chi connectivity index (χ2v) is 6.84. The molecule has 0 aromatic heterocycles. The summed E-state index contributed by atoms with van der Waals surface area (Å²) >= 11 is 5.67. The molecule has 0 radical (unpaired) electrons. The molecule has 0 spiro atoms. The van der Waals surface area contributed by atoms with E-state index in [4.69, 9.17) is 0 Å². The molecule has 1 aromatic carbocycles. The third-order valence-electron chi connectivity index (χ3n) is 3.53. The number of hydrogen-bond acceptors (Lipinski definition) is 1. The minimum atomic E-state index is 0.162. The Balaban J connectivity index is 2.14. The number of nitrogens with zero attached hydrogens (tertiary/aromatic N) is 1. The van der Waals surface area contributed by atoms with Crippen molar-refractivity contribution in [3.63, 3.8) is 0 Å². The fourth-order valence-corrected chi connectivity index (χ4v) is 3.10. The van der Waals surface area contributed by atoms with Crippen molar-refractivity contribution < 1.29 is 4.79 Å². The van der Waals surface area contributed by atoms with Crippen molar-refractivity contribution in [2.45, 2.75) is 26.2 Å². The Kier molecular flexibility index (Phi) is 5.06. The van der Waals surface area contributed by atoms with Crippen molar-refractivity contribution in [1.82, 2.24) is 4.90 Å². The molecule has 0 atom stereocenters. The Bertz CT molecular complexity index is 445. The summed E-state index contributed by atoms with van der Waals surface area (Å²) in [4.78, 5) is 14.5. The van der Waals surface area contributed by atoms with Crippen LogP contribution in [0.4, 0.5) is 0 Å². The van der Waals surface area contributed by atoms with Crippen LogP contribution in [0.5, 0.6) is 0 Å². The Morgan fingerprint density at radius 3 is 2.78 bits per heavy atom. The van der Waals surface area contributed by atoms with Gasteiger partial charge in [0.05, 0.1) is 5.56 Å². The normalized spacial score (nSPS) is 15.3. The second kappa shape index (κ2) is 6.37. The molecule has 0 heterocycles. The first-order valence-corrected chi connectivity index (χ1v) is 8.23. The predicted molar refractivity (Wildman–Crippen MR) is 85.8 cm³/mol. The molecule has 18 heavy (non-hydrogen) atoms. The van der Waals surface area contributed by atoms with E-state index in [1.165, 1.54) is 19.3 Å². The summed E-state index contributed by atoms with van der Waals surface area (Å²) < 4.78 is 1.99. The lowest BCUT2D eigenvalue weighted by Crippen LogP contribution is -2.37. The van der Waals surface area contributed by atoms with Crippen LogP contribution in [0.15, 0.2) is 22.7 Å². The summed E-state index contributed by atoms with van der Waals surface area (Å²) in [5, 5.41) is 0. The van der Waals surface area contributed by atoms with Gasteiger partial charge in [0.15, 0.2) is 0 Å². The minimum absolute atomic E-state index is 0.162. The lowest BCUT2D eigenvalue weighted by molar-refractivity contribution is 0.0705. The van der Waals surface area contributed by atoms with Gasteiger partial charge in [-0.1, -0.05) is 22.4 Å². The van der Waals surface area contributed by atoms with Gasteiger partial charge in [-0.2, -0.15) is 0 Å². The van der Waals surface area contributed by atoms with E-state index in [1.54, 1.807) is 0 Å². The van der Waals surface area contributed by atoms with Crippen molar-refractivity contribution >= 4 is 44.4 Å². The molecule has 1 amide bonds. The summed E-state index contributed by atoms with van der Waals surface area (Å²) in [6.45, 7) is 3.76. The molecular weight excluding hydrogens is 405 g/mol. The number of halogens is 2. The van der Waals surface area contributed by atoms with Gasteiger partial charge in [0.25, 0.3) is 5.91 Å². The van der Waals surface area contributed by atoms with Crippen LogP contribution in [0.1, 0.15) is 36.5 Å². The van der Waals surface area contributed by atoms with Crippen LogP contribution in [0, 0.1) is 9.49 Å². The predicted octanol–water partition coefficient (Wildman–Crippen LogP) is 4.32. The first-order valence-electron chi connectivity index (χ1n) is 6.36. The number of amides is 1. The molecule has 1 aliphatic rings. The van der Waals surface area contributed by atoms with Crippen molar-refractivity contribution in [2.75, 3.05) is 13.1 Å². The van der Waals surface area contributed by atoms with Crippen molar-refractivity contribution in [3.8, 4) is 0 Å². The van der Waals surface area contributed by atoms with E-state index in [1.807, 2.05) is 23.1 Å². The third kappa shape index (κ3) is 3.26. The fourth-order valence-electron chi connectivity index (χ4n) is 2.17. The largest absolute Gasteiger partial charge is 0.339 e. The molecule has 1 saturated carbocycles. The molecule has 0 bridgehead atoms. The van der Waals surface area contributed by atoms with E-state index in [0.29, 0.717) is 0 Å². The summed E-state index contributed by atoms with van der Waals surface area (Å²) in [6.07, 6.45) is 3.88. The van der Waals surface area contributed by atoms with Crippen LogP contribution in [-0.2, 0) is 0 Å². The van der Waals surface area contributed by atoms with Crippen LogP contribution < -0.4 is 0 Å². The molecule has 1 aromatic rings. The highest BCUT2D eigenvalue weighted by atomic mass is 127. The van der Waals surface area contributed by atoms with E-state index in [0.717, 1.165) is 32.6 Å². The smallest absolute Gasteiger partial charge is 0.254 e. The summed E-state index contributed by atoms with van der Waals surface area (Å²) in [5.74, 6) is 0.883.